The molecule has 2 rings (SSSR count). The summed E-state index contributed by atoms with van der Waals surface area (Å²) in [6, 6.07) is 11.2. The summed E-state index contributed by atoms with van der Waals surface area (Å²) in [6.07, 6.45) is 1.50. The van der Waals surface area contributed by atoms with Crippen molar-refractivity contribution in [3.05, 3.63) is 42.1 Å². The van der Waals surface area contributed by atoms with E-state index < -0.39 is 0 Å². The van der Waals surface area contributed by atoms with Crippen molar-refractivity contribution < 1.29 is 4.74 Å². The molecule has 0 bridgehead atoms. The maximum atomic E-state index is 8.70. The van der Waals surface area contributed by atoms with Crippen molar-refractivity contribution in [2.75, 3.05) is 0 Å². The molecule has 4 heteroatoms. The molecular formula is C10H7N3O. The molecule has 0 aliphatic carbocycles. The molecule has 14 heavy (non-hydrogen) atoms. The van der Waals surface area contributed by atoms with Gasteiger partial charge in [-0.05, 0) is 12.1 Å². The van der Waals surface area contributed by atoms with Crippen molar-refractivity contribution >= 4 is 0 Å². The van der Waals surface area contributed by atoms with E-state index in [4.69, 9.17) is 10.00 Å². The number of H-pyrrole nitrogens is 1. The van der Waals surface area contributed by atoms with Gasteiger partial charge in [0.05, 0.1) is 0 Å². The van der Waals surface area contributed by atoms with E-state index in [-0.39, 0.29) is 0 Å². The summed E-state index contributed by atoms with van der Waals surface area (Å²) in [7, 11) is 0. The molecular weight excluding hydrogens is 178 g/mol. The van der Waals surface area contributed by atoms with E-state index in [2.05, 4.69) is 10.2 Å². The van der Waals surface area contributed by atoms with Crippen molar-refractivity contribution in [2.45, 2.75) is 0 Å². The molecule has 0 saturated heterocycles. The van der Waals surface area contributed by atoms with Gasteiger partial charge in [0, 0.05) is 6.20 Å². The van der Waals surface area contributed by atoms with Crippen LogP contribution in [-0.4, -0.2) is 10.2 Å². The molecule has 0 amide bonds. The highest BCUT2D eigenvalue weighted by Gasteiger charge is 2.06. The number of para-hydroxylation sites is 1. The zero-order chi connectivity index (χ0) is 9.80. The Morgan fingerprint density at radius 3 is 2.79 bits per heavy atom. The van der Waals surface area contributed by atoms with Crippen LogP contribution in [0, 0.1) is 11.3 Å². The van der Waals surface area contributed by atoms with Gasteiger partial charge in [-0.2, -0.15) is 5.26 Å². The van der Waals surface area contributed by atoms with Crippen LogP contribution < -0.4 is 4.74 Å². The first kappa shape index (κ1) is 8.32. The number of nitrogens with zero attached hydrogens (tertiary/aromatic N) is 2. The number of aromatic nitrogens is 2. The molecule has 0 unspecified atom stereocenters. The number of hydrogen-bond donors (Lipinski definition) is 1. The molecule has 1 aromatic carbocycles. The Morgan fingerprint density at radius 1 is 1.29 bits per heavy atom. The van der Waals surface area contributed by atoms with Gasteiger partial charge in [0.1, 0.15) is 17.4 Å². The lowest BCUT2D eigenvalue weighted by atomic mass is 10.3. The highest BCUT2D eigenvalue weighted by Crippen LogP contribution is 2.21. The van der Waals surface area contributed by atoms with E-state index in [0.717, 1.165) is 0 Å². The lowest BCUT2D eigenvalue weighted by Crippen LogP contribution is -1.85. The maximum absolute atomic E-state index is 8.70. The van der Waals surface area contributed by atoms with E-state index in [1.165, 1.54) is 6.20 Å². The number of hydrogen-bond acceptors (Lipinski definition) is 3. The minimum absolute atomic E-state index is 0.304. The molecule has 1 aromatic heterocycles. The highest BCUT2D eigenvalue weighted by molar-refractivity contribution is 5.38. The van der Waals surface area contributed by atoms with Crippen LogP contribution in [0.25, 0.3) is 0 Å². The highest BCUT2D eigenvalue weighted by atomic mass is 16.5. The lowest BCUT2D eigenvalue weighted by Gasteiger charge is -2.00. The van der Waals surface area contributed by atoms with Crippen LogP contribution in [-0.2, 0) is 0 Å². The SMILES string of the molecule is N#Cc1c[nH]nc1Oc1ccccc1. The molecule has 0 spiro atoms. The van der Waals surface area contributed by atoms with E-state index >= 15 is 0 Å². The van der Waals surface area contributed by atoms with E-state index in [1.54, 1.807) is 12.1 Å². The van der Waals surface area contributed by atoms with Crippen LogP contribution >= 0.6 is 0 Å². The standard InChI is InChI=1S/C10H7N3O/c11-6-8-7-12-13-10(8)14-9-4-2-1-3-5-9/h1-5,7H,(H,12,13). The van der Waals surface area contributed by atoms with Crippen LogP contribution in [0.4, 0.5) is 0 Å². The van der Waals surface area contributed by atoms with Crippen molar-refractivity contribution in [3.8, 4) is 17.7 Å². The Morgan fingerprint density at radius 2 is 2.07 bits per heavy atom. The van der Waals surface area contributed by atoms with Gasteiger partial charge < -0.3 is 4.74 Å². The third-order valence-corrected chi connectivity index (χ3v) is 1.68. The summed E-state index contributed by atoms with van der Waals surface area (Å²) in [5.41, 5.74) is 0.397. The van der Waals surface area contributed by atoms with Crippen molar-refractivity contribution in [2.24, 2.45) is 0 Å². The van der Waals surface area contributed by atoms with Crippen LogP contribution in [0.2, 0.25) is 0 Å². The van der Waals surface area contributed by atoms with Gasteiger partial charge in [0.25, 0.3) is 5.88 Å². The van der Waals surface area contributed by atoms with Gasteiger partial charge >= 0.3 is 0 Å². The molecule has 0 aliphatic heterocycles. The number of ether oxygens (including phenoxy) is 1. The van der Waals surface area contributed by atoms with Gasteiger partial charge in [-0.3, -0.25) is 5.10 Å². The lowest BCUT2D eigenvalue weighted by molar-refractivity contribution is 0.460. The molecule has 0 saturated carbocycles. The predicted octanol–water partition coefficient (Wildman–Crippen LogP) is 2.07. The fourth-order valence-electron chi connectivity index (χ4n) is 1.04. The van der Waals surface area contributed by atoms with Crippen molar-refractivity contribution in [1.82, 2.24) is 10.2 Å². The van der Waals surface area contributed by atoms with Crippen LogP contribution in [0.5, 0.6) is 11.6 Å². The summed E-state index contributed by atoms with van der Waals surface area (Å²) in [5.74, 6) is 0.967. The van der Waals surface area contributed by atoms with Crippen molar-refractivity contribution in [3.63, 3.8) is 0 Å². The molecule has 68 valence electrons. The number of benzene rings is 1. The maximum Gasteiger partial charge on any atom is 0.256 e. The third kappa shape index (κ3) is 1.57. The summed E-state index contributed by atoms with van der Waals surface area (Å²) < 4.78 is 5.38. The first-order chi connectivity index (χ1) is 6.90. The molecule has 0 radical (unpaired) electrons. The summed E-state index contributed by atoms with van der Waals surface area (Å²) in [5, 5.41) is 15.1. The zero-order valence-electron chi connectivity index (χ0n) is 7.27. The number of nitrogens with one attached hydrogen (secondary N) is 1. The molecule has 1 N–H and O–H groups in total. The Labute approximate surface area is 80.8 Å². The molecule has 1 heterocycles. The molecule has 2 aromatic rings. The smallest absolute Gasteiger partial charge is 0.256 e. The number of aromatic amines is 1. The fraction of sp³-hybridized carbons (Fsp3) is 0. The average Bonchev–Trinajstić information content (AvgIpc) is 2.67. The monoisotopic (exact) mass is 185 g/mol. The van der Waals surface area contributed by atoms with Crippen molar-refractivity contribution in [1.29, 1.82) is 5.26 Å². The minimum Gasteiger partial charge on any atom is -0.437 e. The fourth-order valence-corrected chi connectivity index (χ4v) is 1.04. The Balaban J connectivity index is 2.24. The van der Waals surface area contributed by atoms with Gasteiger partial charge in [0.2, 0.25) is 0 Å². The Kier molecular flexibility index (Phi) is 2.15. The first-order valence-electron chi connectivity index (χ1n) is 4.07. The van der Waals surface area contributed by atoms with Gasteiger partial charge in [0.15, 0.2) is 0 Å². The molecule has 0 aliphatic rings. The van der Waals surface area contributed by atoms with Crippen LogP contribution in [0.15, 0.2) is 36.5 Å². The second-order valence-electron chi connectivity index (χ2n) is 2.63. The summed E-state index contributed by atoms with van der Waals surface area (Å²) >= 11 is 0. The Hall–Kier alpha value is -2.28. The van der Waals surface area contributed by atoms with Crippen LogP contribution in [0.3, 0.4) is 0 Å². The molecule has 0 atom stereocenters. The largest absolute Gasteiger partial charge is 0.437 e. The zero-order valence-corrected chi connectivity index (χ0v) is 7.27. The first-order valence-corrected chi connectivity index (χ1v) is 4.07. The topological polar surface area (TPSA) is 61.7 Å². The van der Waals surface area contributed by atoms with Gasteiger partial charge in [-0.15, -0.1) is 5.10 Å². The van der Waals surface area contributed by atoms with E-state index in [9.17, 15) is 0 Å². The van der Waals surface area contributed by atoms with E-state index in [0.29, 0.717) is 17.2 Å². The second kappa shape index (κ2) is 3.62. The minimum atomic E-state index is 0.304. The quantitative estimate of drug-likeness (QED) is 0.779. The normalized spacial score (nSPS) is 9.36. The predicted molar refractivity (Wildman–Crippen MR) is 49.8 cm³/mol. The average molecular weight is 185 g/mol. The summed E-state index contributed by atoms with van der Waals surface area (Å²) in [4.78, 5) is 0. The number of rotatable bonds is 2. The van der Waals surface area contributed by atoms with Gasteiger partial charge in [-0.1, -0.05) is 18.2 Å². The number of nitriles is 1. The summed E-state index contributed by atoms with van der Waals surface area (Å²) in [6.45, 7) is 0. The van der Waals surface area contributed by atoms with Crippen LogP contribution in [0.1, 0.15) is 5.56 Å². The Bertz CT molecular complexity index is 456. The molecule has 0 fully saturated rings. The molecule has 4 nitrogen and oxygen atoms in total. The third-order valence-electron chi connectivity index (χ3n) is 1.68. The van der Waals surface area contributed by atoms with Gasteiger partial charge in [-0.25, -0.2) is 0 Å². The second-order valence-corrected chi connectivity index (χ2v) is 2.63. The van der Waals surface area contributed by atoms with E-state index in [1.807, 2.05) is 24.3 Å².